The lowest BCUT2D eigenvalue weighted by Crippen LogP contribution is -2.44. The average Bonchev–Trinajstić information content (AvgIpc) is 3.06. The quantitative estimate of drug-likeness (QED) is 0.385. The maximum Gasteiger partial charge on any atom is 0.321 e. The van der Waals surface area contributed by atoms with E-state index < -0.39 is 0 Å². The van der Waals surface area contributed by atoms with Gasteiger partial charge in [-0.15, -0.1) is 0 Å². The number of anilines is 2. The number of aromatic nitrogens is 2. The number of urea groups is 1. The third-order valence-corrected chi connectivity index (χ3v) is 6.91. The Labute approximate surface area is 200 Å². The van der Waals surface area contributed by atoms with Crippen molar-refractivity contribution in [2.75, 3.05) is 23.7 Å². The fraction of sp³-hybridized carbons (Fsp3) is 0.286. The minimum absolute atomic E-state index is 0.0251. The molecule has 2 N–H and O–H groups in total. The lowest BCUT2D eigenvalue weighted by atomic mass is 10.0. The molecule has 1 fully saturated rings. The molecule has 4 aromatic rings. The van der Waals surface area contributed by atoms with Crippen molar-refractivity contribution >= 4 is 23.1 Å². The molecule has 174 valence electrons. The molecule has 6 heteroatoms. The Morgan fingerprint density at radius 2 is 1.68 bits per heavy atom. The zero-order valence-corrected chi connectivity index (χ0v) is 20.3. The van der Waals surface area contributed by atoms with Crippen LogP contribution >= 0.6 is 0 Å². The van der Waals surface area contributed by atoms with Gasteiger partial charge < -0.3 is 19.9 Å². The number of fused-ring (bicyclic) bond motifs is 1. The first-order chi connectivity index (χ1) is 16.4. The Bertz CT molecular complexity index is 1350. The van der Waals surface area contributed by atoms with Gasteiger partial charge in [0.2, 0.25) is 0 Å². The summed E-state index contributed by atoms with van der Waals surface area (Å²) < 4.78 is 2.16. The van der Waals surface area contributed by atoms with E-state index >= 15 is 0 Å². The Hall–Kier alpha value is -3.80. The number of likely N-dealkylation sites (tertiary alicyclic amines) is 1. The van der Waals surface area contributed by atoms with Crippen LogP contribution in [0.3, 0.4) is 0 Å². The molecule has 34 heavy (non-hydrogen) atoms. The van der Waals surface area contributed by atoms with Crippen LogP contribution in [0.5, 0.6) is 0 Å². The van der Waals surface area contributed by atoms with Gasteiger partial charge in [0.15, 0.2) is 5.65 Å². The predicted octanol–water partition coefficient (Wildman–Crippen LogP) is 6.08. The Morgan fingerprint density at radius 3 is 2.32 bits per heavy atom. The van der Waals surface area contributed by atoms with Crippen molar-refractivity contribution in [2.24, 2.45) is 0 Å². The number of benzene rings is 2. The number of aryl methyl sites for hydroxylation is 4. The zero-order chi connectivity index (χ0) is 23.8. The van der Waals surface area contributed by atoms with Gasteiger partial charge in [-0.1, -0.05) is 30.3 Å². The van der Waals surface area contributed by atoms with Crippen molar-refractivity contribution in [3.8, 4) is 11.1 Å². The van der Waals surface area contributed by atoms with Crippen LogP contribution in [-0.4, -0.2) is 33.4 Å². The van der Waals surface area contributed by atoms with Gasteiger partial charge in [0.05, 0.1) is 11.4 Å². The standard InChI is InChI=1S/C28H31N5O/c1-18-7-5-8-19(2)25(18)16-29-26-15-23(17-33-21(4)20(3)30-27(26)33)22-9-11-24(12-10-22)31-28(34)32-13-6-14-32/h5,7-12,15,17,29H,6,13-14,16H2,1-4H3,(H,31,34). The first-order valence-electron chi connectivity index (χ1n) is 11.9. The normalized spacial score (nSPS) is 13.1. The summed E-state index contributed by atoms with van der Waals surface area (Å²) in [6.45, 7) is 10.9. The molecule has 0 atom stereocenters. The molecule has 0 unspecified atom stereocenters. The fourth-order valence-corrected chi connectivity index (χ4v) is 4.44. The zero-order valence-electron chi connectivity index (χ0n) is 20.3. The van der Waals surface area contributed by atoms with Crippen molar-refractivity contribution in [1.29, 1.82) is 0 Å². The molecule has 2 amide bonds. The summed E-state index contributed by atoms with van der Waals surface area (Å²) in [5.41, 5.74) is 11.0. The third kappa shape index (κ3) is 4.12. The summed E-state index contributed by atoms with van der Waals surface area (Å²) in [6.07, 6.45) is 3.23. The highest BCUT2D eigenvalue weighted by atomic mass is 16.2. The topological polar surface area (TPSA) is 61.7 Å². The molecular weight excluding hydrogens is 422 g/mol. The van der Waals surface area contributed by atoms with Crippen LogP contribution < -0.4 is 10.6 Å². The number of carbonyl (C=O) groups is 1. The highest BCUT2D eigenvalue weighted by Gasteiger charge is 2.20. The smallest absolute Gasteiger partial charge is 0.321 e. The van der Waals surface area contributed by atoms with E-state index in [1.54, 1.807) is 0 Å². The van der Waals surface area contributed by atoms with E-state index in [4.69, 9.17) is 4.98 Å². The van der Waals surface area contributed by atoms with Gasteiger partial charge >= 0.3 is 6.03 Å². The Balaban J connectivity index is 1.45. The van der Waals surface area contributed by atoms with E-state index in [2.05, 4.69) is 78.4 Å². The second kappa shape index (κ2) is 8.86. The Kier molecular flexibility index (Phi) is 5.74. The van der Waals surface area contributed by atoms with E-state index in [0.717, 1.165) is 65.6 Å². The molecule has 3 heterocycles. The molecule has 1 saturated heterocycles. The highest BCUT2D eigenvalue weighted by Crippen LogP contribution is 2.29. The van der Waals surface area contributed by atoms with E-state index in [1.807, 2.05) is 24.0 Å². The summed E-state index contributed by atoms with van der Waals surface area (Å²) in [5, 5.41) is 6.64. The van der Waals surface area contributed by atoms with Crippen molar-refractivity contribution in [3.05, 3.63) is 82.8 Å². The molecule has 2 aromatic heterocycles. The number of hydrogen-bond acceptors (Lipinski definition) is 3. The fourth-order valence-electron chi connectivity index (χ4n) is 4.44. The first-order valence-corrected chi connectivity index (χ1v) is 11.9. The lowest BCUT2D eigenvalue weighted by Gasteiger charge is -2.30. The SMILES string of the molecule is Cc1cccc(C)c1CNc1cc(-c2ccc(NC(=O)N3CCC3)cc2)cn2c(C)c(C)nc12. The molecule has 0 saturated carbocycles. The minimum Gasteiger partial charge on any atom is -0.378 e. The van der Waals surface area contributed by atoms with Crippen LogP contribution in [0.2, 0.25) is 0 Å². The summed E-state index contributed by atoms with van der Waals surface area (Å²) in [7, 11) is 0. The number of amides is 2. The average molecular weight is 454 g/mol. The first kappa shape index (κ1) is 22.0. The second-order valence-corrected chi connectivity index (χ2v) is 9.19. The molecule has 5 rings (SSSR count). The summed E-state index contributed by atoms with van der Waals surface area (Å²) in [6, 6.07) is 16.6. The molecule has 0 aliphatic carbocycles. The van der Waals surface area contributed by atoms with Crippen LogP contribution in [0.1, 0.15) is 34.5 Å². The van der Waals surface area contributed by atoms with Crippen molar-refractivity contribution in [2.45, 2.75) is 40.7 Å². The van der Waals surface area contributed by atoms with E-state index in [9.17, 15) is 4.79 Å². The summed E-state index contributed by atoms with van der Waals surface area (Å²) in [4.78, 5) is 18.9. The van der Waals surface area contributed by atoms with Crippen molar-refractivity contribution < 1.29 is 4.79 Å². The van der Waals surface area contributed by atoms with Crippen LogP contribution in [0.25, 0.3) is 16.8 Å². The van der Waals surface area contributed by atoms with Gasteiger partial charge in [-0.3, -0.25) is 0 Å². The molecule has 0 bridgehead atoms. The monoisotopic (exact) mass is 453 g/mol. The largest absolute Gasteiger partial charge is 0.378 e. The molecule has 0 spiro atoms. The molecule has 1 aliphatic rings. The molecule has 0 radical (unpaired) electrons. The van der Waals surface area contributed by atoms with Crippen LogP contribution in [0, 0.1) is 27.7 Å². The molecule has 2 aromatic carbocycles. The van der Waals surface area contributed by atoms with Crippen molar-refractivity contribution in [1.82, 2.24) is 14.3 Å². The van der Waals surface area contributed by atoms with E-state index in [1.165, 1.54) is 16.7 Å². The number of nitrogens with zero attached hydrogens (tertiary/aromatic N) is 3. The number of imidazole rings is 1. The summed E-state index contributed by atoms with van der Waals surface area (Å²) in [5.74, 6) is 0. The van der Waals surface area contributed by atoms with Gasteiger partial charge in [0.1, 0.15) is 0 Å². The van der Waals surface area contributed by atoms with Gasteiger partial charge in [0.25, 0.3) is 0 Å². The number of pyridine rings is 1. The maximum atomic E-state index is 12.2. The number of rotatable bonds is 5. The second-order valence-electron chi connectivity index (χ2n) is 9.19. The Morgan fingerprint density at radius 1 is 0.971 bits per heavy atom. The molecule has 1 aliphatic heterocycles. The van der Waals surface area contributed by atoms with Gasteiger partial charge in [-0.2, -0.15) is 0 Å². The molecular formula is C28H31N5O. The maximum absolute atomic E-state index is 12.2. The predicted molar refractivity (Wildman–Crippen MR) is 139 cm³/mol. The summed E-state index contributed by atoms with van der Waals surface area (Å²) >= 11 is 0. The number of hydrogen-bond donors (Lipinski definition) is 2. The number of carbonyl (C=O) groups excluding carboxylic acids is 1. The van der Waals surface area contributed by atoms with Crippen molar-refractivity contribution in [3.63, 3.8) is 0 Å². The van der Waals surface area contributed by atoms with E-state index in [0.29, 0.717) is 0 Å². The minimum atomic E-state index is -0.0251. The lowest BCUT2D eigenvalue weighted by molar-refractivity contribution is 0.181. The van der Waals surface area contributed by atoms with Gasteiger partial charge in [-0.25, -0.2) is 9.78 Å². The molecule has 6 nitrogen and oxygen atoms in total. The van der Waals surface area contributed by atoms with E-state index in [-0.39, 0.29) is 6.03 Å². The van der Waals surface area contributed by atoms with Crippen LogP contribution in [-0.2, 0) is 6.54 Å². The van der Waals surface area contributed by atoms with Gasteiger partial charge in [0, 0.05) is 42.8 Å². The van der Waals surface area contributed by atoms with Crippen LogP contribution in [0.4, 0.5) is 16.2 Å². The number of nitrogens with one attached hydrogen (secondary N) is 2. The third-order valence-electron chi connectivity index (χ3n) is 6.91. The van der Waals surface area contributed by atoms with Gasteiger partial charge in [-0.05, 0) is 74.6 Å². The van der Waals surface area contributed by atoms with Crippen LogP contribution in [0.15, 0.2) is 54.7 Å². The highest BCUT2D eigenvalue weighted by molar-refractivity contribution is 5.90.